The highest BCUT2D eigenvalue weighted by atomic mass is 16.5. The van der Waals surface area contributed by atoms with E-state index in [0.29, 0.717) is 34.2 Å². The van der Waals surface area contributed by atoms with Gasteiger partial charge < -0.3 is 25.3 Å². The minimum atomic E-state index is -0.276. The van der Waals surface area contributed by atoms with E-state index in [0.717, 1.165) is 0 Å². The lowest BCUT2D eigenvalue weighted by Gasteiger charge is -2.14. The SMILES string of the molecule is COc1cc(NC(=O)c2cccc(N)c2)cc(OC)c1OC. The highest BCUT2D eigenvalue weighted by Crippen LogP contribution is 2.40. The number of nitrogens with two attached hydrogens (primary N) is 1. The smallest absolute Gasteiger partial charge is 0.255 e. The summed E-state index contributed by atoms with van der Waals surface area (Å²) in [4.78, 5) is 12.2. The van der Waals surface area contributed by atoms with E-state index in [1.54, 1.807) is 36.4 Å². The van der Waals surface area contributed by atoms with Crippen LogP contribution in [0.2, 0.25) is 0 Å². The molecule has 0 bridgehead atoms. The van der Waals surface area contributed by atoms with Gasteiger partial charge in [0.25, 0.3) is 5.91 Å². The number of nitrogen functional groups attached to an aromatic ring is 1. The molecular weight excluding hydrogens is 284 g/mol. The monoisotopic (exact) mass is 302 g/mol. The second-order valence-corrected chi connectivity index (χ2v) is 4.49. The lowest BCUT2D eigenvalue weighted by atomic mass is 10.2. The van der Waals surface area contributed by atoms with E-state index in [9.17, 15) is 4.79 Å². The van der Waals surface area contributed by atoms with Crippen molar-refractivity contribution in [3.05, 3.63) is 42.0 Å². The molecule has 1 amide bonds. The molecule has 116 valence electrons. The minimum absolute atomic E-state index is 0.276. The van der Waals surface area contributed by atoms with Gasteiger partial charge >= 0.3 is 0 Å². The van der Waals surface area contributed by atoms with E-state index in [4.69, 9.17) is 19.9 Å². The summed E-state index contributed by atoms with van der Waals surface area (Å²) in [6.07, 6.45) is 0. The summed E-state index contributed by atoms with van der Waals surface area (Å²) < 4.78 is 15.7. The first-order valence-electron chi connectivity index (χ1n) is 6.56. The van der Waals surface area contributed by atoms with E-state index >= 15 is 0 Å². The predicted octanol–water partition coefficient (Wildman–Crippen LogP) is 2.55. The van der Waals surface area contributed by atoms with Crippen molar-refractivity contribution in [1.29, 1.82) is 0 Å². The fourth-order valence-electron chi connectivity index (χ4n) is 2.04. The Morgan fingerprint density at radius 3 is 2.14 bits per heavy atom. The predicted molar refractivity (Wildman–Crippen MR) is 84.9 cm³/mol. The van der Waals surface area contributed by atoms with E-state index < -0.39 is 0 Å². The third kappa shape index (κ3) is 3.22. The first kappa shape index (κ1) is 15.5. The molecule has 2 aromatic rings. The van der Waals surface area contributed by atoms with Crippen LogP contribution in [-0.2, 0) is 0 Å². The number of amides is 1. The van der Waals surface area contributed by atoms with Gasteiger partial charge in [0.05, 0.1) is 21.3 Å². The highest BCUT2D eigenvalue weighted by Gasteiger charge is 2.15. The molecule has 2 aromatic carbocycles. The number of rotatable bonds is 5. The molecule has 0 atom stereocenters. The maximum Gasteiger partial charge on any atom is 0.255 e. The number of methoxy groups -OCH3 is 3. The van der Waals surface area contributed by atoms with Crippen LogP contribution in [0, 0.1) is 0 Å². The molecule has 0 unspecified atom stereocenters. The molecule has 6 nitrogen and oxygen atoms in total. The molecule has 0 saturated heterocycles. The Bertz CT molecular complexity index is 661. The fourth-order valence-corrected chi connectivity index (χ4v) is 2.04. The van der Waals surface area contributed by atoms with Crippen LogP contribution in [0.1, 0.15) is 10.4 Å². The second-order valence-electron chi connectivity index (χ2n) is 4.49. The number of nitrogens with one attached hydrogen (secondary N) is 1. The molecule has 0 aliphatic carbocycles. The molecule has 0 fully saturated rings. The molecule has 2 rings (SSSR count). The third-order valence-corrected chi connectivity index (χ3v) is 3.07. The third-order valence-electron chi connectivity index (χ3n) is 3.07. The molecule has 0 aliphatic rings. The molecule has 6 heteroatoms. The van der Waals surface area contributed by atoms with Crippen molar-refractivity contribution in [3.63, 3.8) is 0 Å². The average Bonchev–Trinajstić information content (AvgIpc) is 2.53. The lowest BCUT2D eigenvalue weighted by molar-refractivity contribution is 0.102. The first-order valence-corrected chi connectivity index (χ1v) is 6.56. The largest absolute Gasteiger partial charge is 0.493 e. The summed E-state index contributed by atoms with van der Waals surface area (Å²) in [6.45, 7) is 0. The zero-order chi connectivity index (χ0) is 16.1. The Balaban J connectivity index is 2.31. The molecule has 0 aromatic heterocycles. The number of benzene rings is 2. The van der Waals surface area contributed by atoms with Crippen LogP contribution in [-0.4, -0.2) is 27.2 Å². The van der Waals surface area contributed by atoms with Crippen LogP contribution in [0.15, 0.2) is 36.4 Å². The lowest BCUT2D eigenvalue weighted by Crippen LogP contribution is -2.12. The molecule has 0 aliphatic heterocycles. The quantitative estimate of drug-likeness (QED) is 0.829. The second kappa shape index (κ2) is 6.71. The first-order chi connectivity index (χ1) is 10.6. The van der Waals surface area contributed by atoms with E-state index in [-0.39, 0.29) is 5.91 Å². The Kier molecular flexibility index (Phi) is 4.73. The van der Waals surface area contributed by atoms with Crippen molar-refractivity contribution in [3.8, 4) is 17.2 Å². The van der Waals surface area contributed by atoms with Gasteiger partial charge in [0.15, 0.2) is 11.5 Å². The molecule has 22 heavy (non-hydrogen) atoms. The summed E-state index contributed by atoms with van der Waals surface area (Å²) in [5, 5.41) is 2.78. The van der Waals surface area contributed by atoms with Gasteiger partial charge in [-0.15, -0.1) is 0 Å². The Labute approximate surface area is 128 Å². The summed E-state index contributed by atoms with van der Waals surface area (Å²) in [7, 11) is 4.55. The molecule has 0 spiro atoms. The molecule has 0 radical (unpaired) electrons. The number of anilines is 2. The summed E-state index contributed by atoms with van der Waals surface area (Å²) >= 11 is 0. The Morgan fingerprint density at radius 1 is 1.00 bits per heavy atom. The van der Waals surface area contributed by atoms with Crippen molar-refractivity contribution in [1.82, 2.24) is 0 Å². The van der Waals surface area contributed by atoms with Gasteiger partial charge in [-0.25, -0.2) is 0 Å². The molecule has 0 heterocycles. The van der Waals surface area contributed by atoms with Gasteiger partial charge in [-0.3, -0.25) is 4.79 Å². The Hall–Kier alpha value is -2.89. The summed E-state index contributed by atoms with van der Waals surface area (Å²) in [5.74, 6) is 1.11. The van der Waals surface area contributed by atoms with Crippen LogP contribution < -0.4 is 25.3 Å². The van der Waals surface area contributed by atoms with Crippen molar-refractivity contribution in [2.45, 2.75) is 0 Å². The van der Waals surface area contributed by atoms with Gasteiger partial charge in [-0.05, 0) is 18.2 Å². The van der Waals surface area contributed by atoms with Gasteiger partial charge in [-0.2, -0.15) is 0 Å². The number of hydrogen-bond acceptors (Lipinski definition) is 5. The normalized spacial score (nSPS) is 9.95. The number of ether oxygens (including phenoxy) is 3. The molecule has 0 saturated carbocycles. The average molecular weight is 302 g/mol. The van der Waals surface area contributed by atoms with Gasteiger partial charge in [0.2, 0.25) is 5.75 Å². The standard InChI is InChI=1S/C16H18N2O4/c1-20-13-8-12(9-14(21-2)15(13)22-3)18-16(19)10-5-4-6-11(17)7-10/h4-9H,17H2,1-3H3,(H,18,19). The number of hydrogen-bond donors (Lipinski definition) is 2. The van der Waals surface area contributed by atoms with Crippen molar-refractivity contribution < 1.29 is 19.0 Å². The zero-order valence-corrected chi connectivity index (χ0v) is 12.7. The van der Waals surface area contributed by atoms with Gasteiger partial charge in [0.1, 0.15) is 0 Å². The van der Waals surface area contributed by atoms with Crippen LogP contribution in [0.25, 0.3) is 0 Å². The van der Waals surface area contributed by atoms with Crippen LogP contribution >= 0.6 is 0 Å². The fraction of sp³-hybridized carbons (Fsp3) is 0.188. The van der Waals surface area contributed by atoms with Crippen molar-refractivity contribution in [2.24, 2.45) is 0 Å². The van der Waals surface area contributed by atoms with E-state index in [2.05, 4.69) is 5.32 Å². The molecule has 3 N–H and O–H groups in total. The maximum atomic E-state index is 12.2. The summed E-state index contributed by atoms with van der Waals surface area (Å²) in [6, 6.07) is 10.0. The van der Waals surface area contributed by atoms with Crippen molar-refractivity contribution >= 4 is 17.3 Å². The Morgan fingerprint density at radius 2 is 1.64 bits per heavy atom. The highest BCUT2D eigenvalue weighted by molar-refractivity contribution is 6.05. The van der Waals surface area contributed by atoms with E-state index in [1.165, 1.54) is 21.3 Å². The van der Waals surface area contributed by atoms with Crippen LogP contribution in [0.5, 0.6) is 17.2 Å². The number of carbonyl (C=O) groups excluding carboxylic acids is 1. The summed E-state index contributed by atoms with van der Waals surface area (Å²) in [5.41, 5.74) is 7.20. The van der Waals surface area contributed by atoms with Crippen LogP contribution in [0.4, 0.5) is 11.4 Å². The maximum absolute atomic E-state index is 12.2. The van der Waals surface area contributed by atoms with Gasteiger partial charge in [0, 0.05) is 29.1 Å². The van der Waals surface area contributed by atoms with E-state index in [1.807, 2.05) is 0 Å². The van der Waals surface area contributed by atoms with Crippen molar-refractivity contribution in [2.75, 3.05) is 32.4 Å². The van der Waals surface area contributed by atoms with Crippen LogP contribution in [0.3, 0.4) is 0 Å². The zero-order valence-electron chi connectivity index (χ0n) is 12.7. The van der Waals surface area contributed by atoms with Gasteiger partial charge in [-0.1, -0.05) is 6.07 Å². The minimum Gasteiger partial charge on any atom is -0.493 e. The number of carbonyl (C=O) groups is 1. The molecular formula is C16H18N2O4. The topological polar surface area (TPSA) is 82.8 Å².